The van der Waals surface area contributed by atoms with Gasteiger partial charge in [0, 0.05) is 20.8 Å². The van der Waals surface area contributed by atoms with E-state index in [4.69, 9.17) is 18.9 Å². The van der Waals surface area contributed by atoms with E-state index in [2.05, 4.69) is 0 Å². The van der Waals surface area contributed by atoms with Crippen molar-refractivity contribution in [3.63, 3.8) is 0 Å². The predicted octanol–water partition coefficient (Wildman–Crippen LogP) is 1.94. The molecule has 1 aliphatic heterocycles. The first-order valence-corrected chi connectivity index (χ1v) is 8.01. The number of ether oxygens (including phenoxy) is 4. The third-order valence-corrected chi connectivity index (χ3v) is 3.80. The minimum atomic E-state index is -0.973. The summed E-state index contributed by atoms with van der Waals surface area (Å²) in [6, 6.07) is 9.15. The van der Waals surface area contributed by atoms with Gasteiger partial charge >= 0.3 is 17.9 Å². The highest BCUT2D eigenvalue weighted by molar-refractivity contribution is 5.68. The maximum atomic E-state index is 11.6. The lowest BCUT2D eigenvalue weighted by Gasteiger charge is -2.44. The van der Waals surface area contributed by atoms with Gasteiger partial charge < -0.3 is 18.9 Å². The average molecular weight is 350 g/mol. The van der Waals surface area contributed by atoms with Crippen LogP contribution in [0.4, 0.5) is 0 Å². The van der Waals surface area contributed by atoms with Gasteiger partial charge in [-0.25, -0.2) is 0 Å². The van der Waals surface area contributed by atoms with Gasteiger partial charge in [0.2, 0.25) is 0 Å². The Balaban J connectivity index is 2.42. The quantitative estimate of drug-likeness (QED) is 0.606. The molecule has 7 nitrogen and oxygen atoms in total. The molecule has 25 heavy (non-hydrogen) atoms. The molecular formula is C18H22O7. The molecule has 1 fully saturated rings. The zero-order valence-corrected chi connectivity index (χ0v) is 14.6. The number of carbonyl (C=O) groups excluding carboxylic acids is 3. The summed E-state index contributed by atoms with van der Waals surface area (Å²) in [5.41, 5.74) is 0.763. The molecule has 0 amide bonds. The Labute approximate surface area is 146 Å². The molecule has 0 saturated carbocycles. The molecule has 1 aliphatic rings. The molecule has 1 aromatic rings. The van der Waals surface area contributed by atoms with Crippen LogP contribution in [0.25, 0.3) is 0 Å². The fourth-order valence-corrected chi connectivity index (χ4v) is 2.92. The number of rotatable bonds is 4. The largest absolute Gasteiger partial charge is 0.456 e. The molecular weight excluding hydrogens is 328 g/mol. The molecule has 0 N–H and O–H groups in total. The Kier molecular flexibility index (Phi) is 6.14. The molecule has 0 aliphatic carbocycles. The molecule has 0 unspecified atom stereocenters. The molecule has 1 heterocycles. The van der Waals surface area contributed by atoms with Gasteiger partial charge in [-0.2, -0.15) is 0 Å². The van der Waals surface area contributed by atoms with Crippen molar-refractivity contribution in [1.82, 2.24) is 0 Å². The molecule has 1 aromatic carbocycles. The number of benzene rings is 1. The van der Waals surface area contributed by atoms with E-state index in [-0.39, 0.29) is 0 Å². The van der Waals surface area contributed by atoms with Crippen LogP contribution in [0.3, 0.4) is 0 Å². The van der Waals surface area contributed by atoms with Crippen LogP contribution in [-0.4, -0.2) is 42.3 Å². The minimum Gasteiger partial charge on any atom is -0.456 e. The van der Waals surface area contributed by atoms with Crippen molar-refractivity contribution in [2.45, 2.75) is 58.2 Å². The van der Waals surface area contributed by atoms with Crippen molar-refractivity contribution in [1.29, 1.82) is 0 Å². The first-order valence-electron chi connectivity index (χ1n) is 8.01. The zero-order valence-electron chi connectivity index (χ0n) is 14.6. The predicted molar refractivity (Wildman–Crippen MR) is 86.4 cm³/mol. The number of carbonyl (C=O) groups is 3. The Morgan fingerprint density at radius 3 is 1.80 bits per heavy atom. The Morgan fingerprint density at radius 2 is 1.28 bits per heavy atom. The van der Waals surface area contributed by atoms with Crippen LogP contribution < -0.4 is 0 Å². The van der Waals surface area contributed by atoms with E-state index >= 15 is 0 Å². The molecule has 1 saturated heterocycles. The molecule has 0 aromatic heterocycles. The molecule has 0 spiro atoms. The van der Waals surface area contributed by atoms with E-state index in [0.717, 1.165) is 5.56 Å². The van der Waals surface area contributed by atoms with E-state index < -0.39 is 48.4 Å². The highest BCUT2D eigenvalue weighted by Crippen LogP contribution is 2.37. The van der Waals surface area contributed by atoms with Gasteiger partial charge in [-0.1, -0.05) is 30.3 Å². The van der Waals surface area contributed by atoms with Gasteiger partial charge in [0.25, 0.3) is 0 Å². The number of esters is 3. The van der Waals surface area contributed by atoms with E-state index in [9.17, 15) is 14.4 Å². The maximum Gasteiger partial charge on any atom is 0.303 e. The van der Waals surface area contributed by atoms with Crippen LogP contribution in [0.5, 0.6) is 0 Å². The van der Waals surface area contributed by atoms with Gasteiger partial charge in [0.15, 0.2) is 18.3 Å². The summed E-state index contributed by atoms with van der Waals surface area (Å²) in [6.07, 6.45) is -4.02. The molecule has 136 valence electrons. The average Bonchev–Trinajstić information content (AvgIpc) is 2.53. The van der Waals surface area contributed by atoms with Gasteiger partial charge in [0.1, 0.15) is 6.10 Å². The SMILES string of the molecule is CC(=O)O[C@@H]1[C@@H](OC(C)=O)[C@H](c2ccccc2)O[C@@H](C)[C@H]1OC(C)=O. The summed E-state index contributed by atoms with van der Waals surface area (Å²) in [5.74, 6) is -1.67. The van der Waals surface area contributed by atoms with Gasteiger partial charge in [0.05, 0.1) is 6.10 Å². The second-order valence-electron chi connectivity index (χ2n) is 5.89. The van der Waals surface area contributed by atoms with E-state index in [1.165, 1.54) is 20.8 Å². The number of hydrogen-bond acceptors (Lipinski definition) is 7. The topological polar surface area (TPSA) is 88.1 Å². The summed E-state index contributed by atoms with van der Waals surface area (Å²) < 4.78 is 22.0. The third-order valence-electron chi connectivity index (χ3n) is 3.80. The second kappa shape index (κ2) is 8.11. The normalized spacial score (nSPS) is 28.7. The first kappa shape index (κ1) is 18.9. The van der Waals surface area contributed by atoms with Crippen LogP contribution in [-0.2, 0) is 33.3 Å². The molecule has 7 heteroatoms. The highest BCUT2D eigenvalue weighted by atomic mass is 16.6. The lowest BCUT2D eigenvalue weighted by atomic mass is 9.91. The zero-order chi connectivity index (χ0) is 18.6. The smallest absolute Gasteiger partial charge is 0.303 e. The summed E-state index contributed by atoms with van der Waals surface area (Å²) in [6.45, 7) is 5.46. The summed E-state index contributed by atoms with van der Waals surface area (Å²) >= 11 is 0. The van der Waals surface area contributed by atoms with Gasteiger partial charge in [-0.15, -0.1) is 0 Å². The van der Waals surface area contributed by atoms with Crippen molar-refractivity contribution >= 4 is 17.9 Å². The van der Waals surface area contributed by atoms with Crippen LogP contribution in [0.1, 0.15) is 39.4 Å². The fourth-order valence-electron chi connectivity index (χ4n) is 2.92. The maximum absolute atomic E-state index is 11.6. The standard InChI is InChI=1S/C18H22O7/c1-10-15(23-11(2)19)17(24-12(3)20)18(25-13(4)21)16(22-10)14-8-6-5-7-9-14/h5-10,15-18H,1-4H3/t10-,15+,16-,17-,18-/m0/s1. The third kappa shape index (κ3) is 4.79. The monoisotopic (exact) mass is 350 g/mol. The van der Waals surface area contributed by atoms with Crippen LogP contribution in [0, 0.1) is 0 Å². The van der Waals surface area contributed by atoms with Gasteiger partial charge in [-0.05, 0) is 12.5 Å². The Bertz CT molecular complexity index is 628. The van der Waals surface area contributed by atoms with E-state index in [1.54, 1.807) is 6.92 Å². The molecule has 0 bridgehead atoms. The number of hydrogen-bond donors (Lipinski definition) is 0. The summed E-state index contributed by atoms with van der Waals surface area (Å²) in [7, 11) is 0. The van der Waals surface area contributed by atoms with Crippen molar-refractivity contribution < 1.29 is 33.3 Å². The minimum absolute atomic E-state index is 0.544. The fraction of sp³-hybridized carbons (Fsp3) is 0.500. The molecule has 0 radical (unpaired) electrons. The lowest BCUT2D eigenvalue weighted by Crippen LogP contribution is -2.57. The first-order chi connectivity index (χ1) is 11.8. The Hall–Kier alpha value is -2.41. The van der Waals surface area contributed by atoms with Crippen LogP contribution in [0.15, 0.2) is 30.3 Å². The van der Waals surface area contributed by atoms with Crippen LogP contribution >= 0.6 is 0 Å². The van der Waals surface area contributed by atoms with Gasteiger partial charge in [-0.3, -0.25) is 14.4 Å². The lowest BCUT2D eigenvalue weighted by molar-refractivity contribution is -0.245. The van der Waals surface area contributed by atoms with Crippen molar-refractivity contribution in [3.05, 3.63) is 35.9 Å². The van der Waals surface area contributed by atoms with E-state index in [0.29, 0.717) is 0 Å². The Morgan fingerprint density at radius 1 is 0.800 bits per heavy atom. The highest BCUT2D eigenvalue weighted by Gasteiger charge is 2.50. The van der Waals surface area contributed by atoms with Crippen molar-refractivity contribution in [2.24, 2.45) is 0 Å². The van der Waals surface area contributed by atoms with E-state index in [1.807, 2.05) is 30.3 Å². The second-order valence-corrected chi connectivity index (χ2v) is 5.89. The van der Waals surface area contributed by atoms with Crippen molar-refractivity contribution in [3.8, 4) is 0 Å². The summed E-state index contributed by atoms with van der Waals surface area (Å²) in [5, 5.41) is 0. The summed E-state index contributed by atoms with van der Waals surface area (Å²) in [4.78, 5) is 34.6. The molecule has 5 atom stereocenters. The van der Waals surface area contributed by atoms with Crippen molar-refractivity contribution in [2.75, 3.05) is 0 Å². The van der Waals surface area contributed by atoms with Crippen LogP contribution in [0.2, 0.25) is 0 Å². The molecule has 2 rings (SSSR count).